The molecule has 1 atom stereocenters. The number of carbonyl (C=O) groups excluding carboxylic acids is 1. The normalized spacial score (nSPS) is 15.4. The molecule has 0 spiro atoms. The summed E-state index contributed by atoms with van der Waals surface area (Å²) in [7, 11) is 0. The van der Waals surface area contributed by atoms with Crippen LogP contribution in [0.1, 0.15) is 23.4 Å². The molecule has 1 unspecified atom stereocenters. The minimum atomic E-state index is -0.405. The SMILES string of the molecule is CC1=C(C(=O)Nc2ccccn2)C(c2sccc2C)n2nc(-c3cccnc3)nc2N1. The van der Waals surface area contributed by atoms with Crippen molar-refractivity contribution in [3.8, 4) is 11.4 Å². The van der Waals surface area contributed by atoms with Crippen LogP contribution in [0.15, 0.2) is 71.6 Å². The van der Waals surface area contributed by atoms with E-state index >= 15 is 0 Å². The number of rotatable bonds is 4. The van der Waals surface area contributed by atoms with E-state index < -0.39 is 6.04 Å². The first kappa shape index (κ1) is 19.1. The molecule has 0 aliphatic carbocycles. The van der Waals surface area contributed by atoms with E-state index in [2.05, 4.69) is 25.6 Å². The van der Waals surface area contributed by atoms with E-state index in [-0.39, 0.29) is 5.91 Å². The van der Waals surface area contributed by atoms with Crippen LogP contribution in [0, 0.1) is 6.92 Å². The quantitative estimate of drug-likeness (QED) is 0.508. The fraction of sp³-hybridized carbons (Fsp3) is 0.136. The second-order valence-corrected chi connectivity index (χ2v) is 8.10. The van der Waals surface area contributed by atoms with Crippen LogP contribution < -0.4 is 10.6 Å². The Hall–Kier alpha value is -3.85. The minimum Gasteiger partial charge on any atom is -0.328 e. The van der Waals surface area contributed by atoms with Crippen molar-refractivity contribution in [3.63, 3.8) is 0 Å². The summed E-state index contributed by atoms with van der Waals surface area (Å²) in [6.45, 7) is 3.92. The van der Waals surface area contributed by atoms with E-state index in [0.717, 1.165) is 21.7 Å². The third kappa shape index (κ3) is 3.49. The molecule has 8 nitrogen and oxygen atoms in total. The Morgan fingerprint density at radius 1 is 1.16 bits per heavy atom. The van der Waals surface area contributed by atoms with Gasteiger partial charge < -0.3 is 10.6 Å². The van der Waals surface area contributed by atoms with Crippen LogP contribution in [0.25, 0.3) is 11.4 Å². The fourth-order valence-electron chi connectivity index (χ4n) is 3.59. The highest BCUT2D eigenvalue weighted by molar-refractivity contribution is 7.10. The maximum Gasteiger partial charge on any atom is 0.257 e. The Labute approximate surface area is 182 Å². The van der Waals surface area contributed by atoms with Gasteiger partial charge in [-0.15, -0.1) is 16.4 Å². The van der Waals surface area contributed by atoms with Gasteiger partial charge in [-0.3, -0.25) is 9.78 Å². The third-order valence-electron chi connectivity index (χ3n) is 5.07. The number of thiophene rings is 1. The van der Waals surface area contributed by atoms with Crippen LogP contribution in [0.2, 0.25) is 0 Å². The van der Waals surface area contributed by atoms with E-state index in [1.165, 1.54) is 0 Å². The van der Waals surface area contributed by atoms with Crippen molar-refractivity contribution in [1.82, 2.24) is 24.7 Å². The molecule has 4 aromatic heterocycles. The van der Waals surface area contributed by atoms with Crippen molar-refractivity contribution in [3.05, 3.63) is 82.1 Å². The third-order valence-corrected chi connectivity index (χ3v) is 6.14. The molecule has 1 aliphatic heterocycles. The molecular formula is C22H19N7OS. The van der Waals surface area contributed by atoms with Crippen LogP contribution in [0.3, 0.4) is 0 Å². The molecule has 154 valence electrons. The molecule has 9 heteroatoms. The number of hydrogen-bond acceptors (Lipinski definition) is 7. The standard InChI is InChI=1S/C22H19N7OS/c1-13-8-11-31-19(13)18-17(21(30)26-16-7-3-4-10-24-16)14(2)25-22-27-20(28-29(18)22)15-6-5-9-23-12-15/h3-12,18H,1-2H3,(H,24,26,30)(H,25,27,28). The van der Waals surface area contributed by atoms with Gasteiger partial charge in [0.15, 0.2) is 5.82 Å². The molecule has 5 rings (SSSR count). The highest BCUT2D eigenvalue weighted by atomic mass is 32.1. The second-order valence-electron chi connectivity index (χ2n) is 7.15. The van der Waals surface area contributed by atoms with Crippen molar-refractivity contribution in [2.45, 2.75) is 19.9 Å². The molecule has 31 heavy (non-hydrogen) atoms. The lowest BCUT2D eigenvalue weighted by atomic mass is 9.99. The maximum absolute atomic E-state index is 13.4. The zero-order valence-corrected chi connectivity index (χ0v) is 17.7. The summed E-state index contributed by atoms with van der Waals surface area (Å²) in [5.41, 5.74) is 3.21. The lowest BCUT2D eigenvalue weighted by molar-refractivity contribution is -0.113. The Bertz CT molecular complexity index is 1280. The molecule has 1 amide bonds. The van der Waals surface area contributed by atoms with Crippen molar-refractivity contribution < 1.29 is 4.79 Å². The first-order chi connectivity index (χ1) is 15.1. The van der Waals surface area contributed by atoms with Gasteiger partial charge >= 0.3 is 0 Å². The Morgan fingerprint density at radius 3 is 2.77 bits per heavy atom. The van der Waals surface area contributed by atoms with Gasteiger partial charge in [-0.1, -0.05) is 6.07 Å². The topological polar surface area (TPSA) is 97.6 Å². The second kappa shape index (κ2) is 7.77. The molecule has 0 aromatic carbocycles. The monoisotopic (exact) mass is 429 g/mol. The summed E-state index contributed by atoms with van der Waals surface area (Å²) in [6.07, 6.45) is 5.08. The Kier molecular flexibility index (Phi) is 4.79. The summed E-state index contributed by atoms with van der Waals surface area (Å²) in [4.78, 5) is 27.5. The van der Waals surface area contributed by atoms with Gasteiger partial charge in [0.05, 0.1) is 5.57 Å². The summed E-state index contributed by atoms with van der Waals surface area (Å²) in [6, 6.07) is 10.8. The molecule has 0 fully saturated rings. The maximum atomic E-state index is 13.4. The van der Waals surface area contributed by atoms with Gasteiger partial charge in [0, 0.05) is 34.7 Å². The van der Waals surface area contributed by atoms with Crippen molar-refractivity contribution in [1.29, 1.82) is 0 Å². The molecule has 1 aliphatic rings. The van der Waals surface area contributed by atoms with Crippen LogP contribution in [-0.2, 0) is 4.79 Å². The van der Waals surface area contributed by atoms with E-state index in [1.807, 2.05) is 49.6 Å². The molecular weight excluding hydrogens is 410 g/mol. The lowest BCUT2D eigenvalue weighted by Crippen LogP contribution is -2.31. The number of allylic oxidation sites excluding steroid dienone is 1. The molecule has 4 aromatic rings. The summed E-state index contributed by atoms with van der Waals surface area (Å²) < 4.78 is 1.78. The number of anilines is 2. The van der Waals surface area contributed by atoms with Gasteiger partial charge in [-0.25, -0.2) is 9.67 Å². The van der Waals surface area contributed by atoms with Crippen LogP contribution in [0.4, 0.5) is 11.8 Å². The summed E-state index contributed by atoms with van der Waals surface area (Å²) in [5, 5.41) is 12.9. The number of fused-ring (bicyclic) bond motifs is 1. The van der Waals surface area contributed by atoms with Crippen molar-refractivity contribution in [2.75, 3.05) is 10.6 Å². The first-order valence-electron chi connectivity index (χ1n) is 9.73. The Morgan fingerprint density at radius 2 is 2.06 bits per heavy atom. The number of aromatic nitrogens is 5. The number of aryl methyl sites for hydroxylation is 1. The van der Waals surface area contributed by atoms with E-state index in [9.17, 15) is 4.79 Å². The number of amides is 1. The number of pyridine rings is 2. The van der Waals surface area contributed by atoms with Crippen LogP contribution in [-0.4, -0.2) is 30.6 Å². The zero-order valence-electron chi connectivity index (χ0n) is 16.9. The van der Waals surface area contributed by atoms with Gasteiger partial charge in [0.1, 0.15) is 11.9 Å². The molecule has 0 saturated carbocycles. The van der Waals surface area contributed by atoms with Crippen LogP contribution >= 0.6 is 11.3 Å². The lowest BCUT2D eigenvalue weighted by Gasteiger charge is -2.28. The van der Waals surface area contributed by atoms with E-state index in [1.54, 1.807) is 40.7 Å². The summed E-state index contributed by atoms with van der Waals surface area (Å²) >= 11 is 1.60. The highest BCUT2D eigenvalue weighted by Gasteiger charge is 2.36. The first-order valence-corrected chi connectivity index (χ1v) is 10.6. The predicted molar refractivity (Wildman–Crippen MR) is 120 cm³/mol. The average molecular weight is 430 g/mol. The van der Waals surface area contributed by atoms with Crippen LogP contribution in [0.5, 0.6) is 0 Å². The minimum absolute atomic E-state index is 0.231. The van der Waals surface area contributed by atoms with Gasteiger partial charge in [-0.05, 0) is 55.1 Å². The molecule has 5 heterocycles. The van der Waals surface area contributed by atoms with Gasteiger partial charge in [0.2, 0.25) is 5.95 Å². The van der Waals surface area contributed by atoms with Gasteiger partial charge in [-0.2, -0.15) is 4.98 Å². The number of hydrogen-bond donors (Lipinski definition) is 2. The van der Waals surface area contributed by atoms with E-state index in [0.29, 0.717) is 23.2 Å². The average Bonchev–Trinajstić information content (AvgIpc) is 3.40. The summed E-state index contributed by atoms with van der Waals surface area (Å²) in [5.74, 6) is 1.40. The Balaban J connectivity index is 1.61. The van der Waals surface area contributed by atoms with E-state index in [4.69, 9.17) is 5.10 Å². The molecule has 0 saturated heterocycles. The highest BCUT2D eigenvalue weighted by Crippen LogP contribution is 2.39. The predicted octanol–water partition coefficient (Wildman–Crippen LogP) is 4.03. The van der Waals surface area contributed by atoms with Gasteiger partial charge in [0.25, 0.3) is 5.91 Å². The molecule has 0 radical (unpaired) electrons. The van der Waals surface area contributed by atoms with Crippen molar-refractivity contribution in [2.24, 2.45) is 0 Å². The number of carbonyl (C=O) groups is 1. The molecule has 2 N–H and O–H groups in total. The van der Waals surface area contributed by atoms with Crippen molar-refractivity contribution >= 4 is 29.0 Å². The largest absolute Gasteiger partial charge is 0.328 e. The zero-order chi connectivity index (χ0) is 21.4. The molecule has 0 bridgehead atoms. The fourth-order valence-corrected chi connectivity index (χ4v) is 4.61. The smallest absolute Gasteiger partial charge is 0.257 e. The number of nitrogens with one attached hydrogen (secondary N) is 2. The number of nitrogens with zero attached hydrogens (tertiary/aromatic N) is 5.